The standard InChI is InChI=1S/C15H19FN2O2/c1-2-20-14-7-9(16)3-5-13(14)18-15(19)11-8-10-4-6-12(11)17-10/h3,5,7,10-12,17H,2,4,6,8H2,1H3,(H,18,19). The highest BCUT2D eigenvalue weighted by atomic mass is 19.1. The second kappa shape index (κ2) is 5.40. The molecule has 1 aromatic carbocycles. The van der Waals surface area contributed by atoms with Gasteiger partial charge in [-0.1, -0.05) is 0 Å². The van der Waals surface area contributed by atoms with E-state index in [1.807, 2.05) is 6.92 Å². The fourth-order valence-electron chi connectivity index (χ4n) is 3.21. The molecule has 20 heavy (non-hydrogen) atoms. The second-order valence-corrected chi connectivity index (χ2v) is 5.45. The summed E-state index contributed by atoms with van der Waals surface area (Å²) in [5, 5.41) is 6.32. The van der Waals surface area contributed by atoms with E-state index < -0.39 is 0 Å². The van der Waals surface area contributed by atoms with Gasteiger partial charge in [-0.05, 0) is 38.3 Å². The summed E-state index contributed by atoms with van der Waals surface area (Å²) >= 11 is 0. The van der Waals surface area contributed by atoms with Gasteiger partial charge in [0.2, 0.25) is 5.91 Å². The molecule has 0 spiro atoms. The van der Waals surface area contributed by atoms with Crippen molar-refractivity contribution >= 4 is 11.6 Å². The maximum absolute atomic E-state index is 13.2. The first-order chi connectivity index (χ1) is 9.67. The Kier molecular flexibility index (Phi) is 3.61. The van der Waals surface area contributed by atoms with Gasteiger partial charge < -0.3 is 15.4 Å². The van der Waals surface area contributed by atoms with Crippen molar-refractivity contribution in [1.82, 2.24) is 5.32 Å². The van der Waals surface area contributed by atoms with Crippen LogP contribution in [0, 0.1) is 11.7 Å². The van der Waals surface area contributed by atoms with E-state index in [0.717, 1.165) is 19.3 Å². The number of rotatable bonds is 4. The molecule has 0 aromatic heterocycles. The summed E-state index contributed by atoms with van der Waals surface area (Å²) in [5.74, 6) is 0.0237. The lowest BCUT2D eigenvalue weighted by molar-refractivity contribution is -0.120. The number of hydrogen-bond acceptors (Lipinski definition) is 3. The van der Waals surface area contributed by atoms with Crippen LogP contribution in [0.3, 0.4) is 0 Å². The van der Waals surface area contributed by atoms with Crippen LogP contribution in [0.5, 0.6) is 5.75 Å². The average Bonchev–Trinajstić information content (AvgIpc) is 3.04. The van der Waals surface area contributed by atoms with E-state index in [-0.39, 0.29) is 23.7 Å². The summed E-state index contributed by atoms with van der Waals surface area (Å²) in [6, 6.07) is 4.96. The summed E-state index contributed by atoms with van der Waals surface area (Å²) in [6.45, 7) is 2.26. The molecule has 3 rings (SSSR count). The Labute approximate surface area is 117 Å². The zero-order valence-electron chi connectivity index (χ0n) is 11.5. The quantitative estimate of drug-likeness (QED) is 0.888. The number of halogens is 1. The first-order valence-electron chi connectivity index (χ1n) is 7.16. The highest BCUT2D eigenvalue weighted by molar-refractivity contribution is 5.94. The summed E-state index contributed by atoms with van der Waals surface area (Å²) in [6.07, 6.45) is 3.11. The molecule has 2 aliphatic heterocycles. The number of hydrogen-bond donors (Lipinski definition) is 2. The number of benzene rings is 1. The molecular weight excluding hydrogens is 259 g/mol. The van der Waals surface area contributed by atoms with Gasteiger partial charge >= 0.3 is 0 Å². The van der Waals surface area contributed by atoms with Gasteiger partial charge in [-0.15, -0.1) is 0 Å². The number of fused-ring (bicyclic) bond motifs is 2. The molecule has 3 unspecified atom stereocenters. The molecule has 2 N–H and O–H groups in total. The fourth-order valence-corrected chi connectivity index (χ4v) is 3.21. The summed E-state index contributed by atoms with van der Waals surface area (Å²) in [4.78, 5) is 12.3. The molecule has 2 heterocycles. The third-order valence-corrected chi connectivity index (χ3v) is 4.14. The lowest BCUT2D eigenvalue weighted by Gasteiger charge is -2.20. The minimum atomic E-state index is -0.368. The number of ether oxygens (including phenoxy) is 1. The van der Waals surface area contributed by atoms with Gasteiger partial charge in [-0.3, -0.25) is 4.79 Å². The maximum atomic E-state index is 13.2. The van der Waals surface area contributed by atoms with Crippen molar-refractivity contribution in [2.45, 2.75) is 38.3 Å². The molecule has 4 nitrogen and oxygen atoms in total. The molecule has 0 aliphatic carbocycles. The number of anilines is 1. The van der Waals surface area contributed by atoms with E-state index in [0.29, 0.717) is 24.1 Å². The first kappa shape index (κ1) is 13.4. The first-order valence-corrected chi connectivity index (χ1v) is 7.16. The minimum absolute atomic E-state index is 0.00254. The van der Waals surface area contributed by atoms with Crippen LogP contribution in [0.1, 0.15) is 26.2 Å². The maximum Gasteiger partial charge on any atom is 0.229 e. The van der Waals surface area contributed by atoms with E-state index in [4.69, 9.17) is 4.74 Å². The van der Waals surface area contributed by atoms with Gasteiger partial charge in [-0.25, -0.2) is 4.39 Å². The van der Waals surface area contributed by atoms with E-state index in [9.17, 15) is 9.18 Å². The van der Waals surface area contributed by atoms with E-state index >= 15 is 0 Å². The number of carbonyl (C=O) groups excluding carboxylic acids is 1. The van der Waals surface area contributed by atoms with Crippen LogP contribution in [0.4, 0.5) is 10.1 Å². The molecule has 1 aromatic rings. The predicted octanol–water partition coefficient (Wildman–Crippen LogP) is 2.30. The zero-order chi connectivity index (χ0) is 14.1. The van der Waals surface area contributed by atoms with Crippen LogP contribution in [-0.2, 0) is 4.79 Å². The Bertz CT molecular complexity index is 521. The molecule has 3 atom stereocenters. The van der Waals surface area contributed by atoms with Gasteiger partial charge in [-0.2, -0.15) is 0 Å². The highest BCUT2D eigenvalue weighted by Gasteiger charge is 2.42. The molecule has 2 aliphatic rings. The van der Waals surface area contributed by atoms with Crippen molar-refractivity contribution < 1.29 is 13.9 Å². The third kappa shape index (κ3) is 2.50. The average molecular weight is 278 g/mol. The fraction of sp³-hybridized carbons (Fsp3) is 0.533. The van der Waals surface area contributed by atoms with Crippen molar-refractivity contribution in [2.24, 2.45) is 5.92 Å². The van der Waals surface area contributed by atoms with Crippen LogP contribution in [0.15, 0.2) is 18.2 Å². The monoisotopic (exact) mass is 278 g/mol. The molecule has 108 valence electrons. The smallest absolute Gasteiger partial charge is 0.229 e. The molecule has 2 bridgehead atoms. The lowest BCUT2D eigenvalue weighted by atomic mass is 9.88. The zero-order valence-corrected chi connectivity index (χ0v) is 11.5. The van der Waals surface area contributed by atoms with Crippen molar-refractivity contribution in [3.63, 3.8) is 0 Å². The lowest BCUT2D eigenvalue weighted by Crippen LogP contribution is -2.32. The van der Waals surface area contributed by atoms with Gasteiger partial charge in [0, 0.05) is 18.2 Å². The number of amides is 1. The van der Waals surface area contributed by atoms with Gasteiger partial charge in [0.15, 0.2) is 0 Å². The Balaban J connectivity index is 1.72. The van der Waals surface area contributed by atoms with Crippen LogP contribution in [-0.4, -0.2) is 24.6 Å². The molecule has 2 saturated heterocycles. The predicted molar refractivity (Wildman–Crippen MR) is 74.3 cm³/mol. The molecule has 0 saturated carbocycles. The van der Waals surface area contributed by atoms with Gasteiger partial charge in [0.05, 0.1) is 18.2 Å². The topological polar surface area (TPSA) is 50.4 Å². The normalized spacial score (nSPS) is 27.6. The van der Waals surface area contributed by atoms with E-state index in [1.54, 1.807) is 6.07 Å². The molecule has 5 heteroatoms. The highest BCUT2D eigenvalue weighted by Crippen LogP contribution is 2.35. The molecule has 0 radical (unpaired) electrons. The Morgan fingerprint density at radius 1 is 1.50 bits per heavy atom. The second-order valence-electron chi connectivity index (χ2n) is 5.45. The van der Waals surface area contributed by atoms with Crippen LogP contribution >= 0.6 is 0 Å². The SMILES string of the molecule is CCOc1cc(F)ccc1NC(=O)C1CC2CCC1N2. The van der Waals surface area contributed by atoms with Crippen molar-refractivity contribution in [2.75, 3.05) is 11.9 Å². The van der Waals surface area contributed by atoms with Crippen molar-refractivity contribution in [3.05, 3.63) is 24.0 Å². The Morgan fingerprint density at radius 3 is 3.00 bits per heavy atom. The van der Waals surface area contributed by atoms with Crippen LogP contribution in [0.25, 0.3) is 0 Å². The van der Waals surface area contributed by atoms with E-state index in [2.05, 4.69) is 10.6 Å². The Morgan fingerprint density at radius 2 is 2.35 bits per heavy atom. The number of carbonyl (C=O) groups is 1. The van der Waals surface area contributed by atoms with Crippen LogP contribution < -0.4 is 15.4 Å². The minimum Gasteiger partial charge on any atom is -0.492 e. The Hall–Kier alpha value is -1.62. The molecular formula is C15H19FN2O2. The largest absolute Gasteiger partial charge is 0.492 e. The van der Waals surface area contributed by atoms with Crippen LogP contribution in [0.2, 0.25) is 0 Å². The third-order valence-electron chi connectivity index (χ3n) is 4.14. The number of nitrogens with one attached hydrogen (secondary N) is 2. The van der Waals surface area contributed by atoms with Gasteiger partial charge in [0.1, 0.15) is 11.6 Å². The van der Waals surface area contributed by atoms with E-state index in [1.165, 1.54) is 12.1 Å². The summed E-state index contributed by atoms with van der Waals surface area (Å²) in [7, 11) is 0. The summed E-state index contributed by atoms with van der Waals surface area (Å²) in [5.41, 5.74) is 0.543. The molecule has 2 fully saturated rings. The van der Waals surface area contributed by atoms with Crippen molar-refractivity contribution in [1.29, 1.82) is 0 Å². The van der Waals surface area contributed by atoms with Gasteiger partial charge in [0.25, 0.3) is 0 Å². The van der Waals surface area contributed by atoms with Crippen molar-refractivity contribution in [3.8, 4) is 5.75 Å². The molecule has 1 amide bonds. The summed E-state index contributed by atoms with van der Waals surface area (Å²) < 4.78 is 18.6.